The Morgan fingerprint density at radius 1 is 1.42 bits per heavy atom. The molecule has 6 heteroatoms. The van der Waals surface area contributed by atoms with Gasteiger partial charge in [0.15, 0.2) is 5.96 Å². The average Bonchev–Trinajstić information content (AvgIpc) is 3.01. The first-order chi connectivity index (χ1) is 11.7. The van der Waals surface area contributed by atoms with Gasteiger partial charge in [-0.15, -0.1) is 11.3 Å². The third-order valence-electron chi connectivity index (χ3n) is 4.18. The van der Waals surface area contributed by atoms with E-state index in [9.17, 15) is 0 Å². The molecule has 1 unspecified atom stereocenters. The van der Waals surface area contributed by atoms with Crippen LogP contribution in [0.1, 0.15) is 27.1 Å². The van der Waals surface area contributed by atoms with Crippen molar-refractivity contribution in [3.8, 4) is 0 Å². The van der Waals surface area contributed by atoms with Crippen LogP contribution in [-0.2, 0) is 11.3 Å². The predicted octanol–water partition coefficient (Wildman–Crippen LogP) is 2.91. The smallest absolute Gasteiger partial charge is 0.194 e. The van der Waals surface area contributed by atoms with Crippen LogP contribution in [-0.4, -0.2) is 42.6 Å². The van der Waals surface area contributed by atoms with Crippen LogP contribution in [0.4, 0.5) is 0 Å². The molecule has 0 bridgehead atoms. The second-order valence-electron chi connectivity index (χ2n) is 5.93. The standard InChI is InChI=1S/C18H24N4OS/c1-13-6-4-5-7-15(13)16-12-22(8-9-23-16)18(19-3)21-11-17-20-10-14(2)24-17/h4-7,10,16H,8-9,11-12H2,1-3H3,(H,19,21). The van der Waals surface area contributed by atoms with Gasteiger partial charge in [0.1, 0.15) is 11.1 Å². The summed E-state index contributed by atoms with van der Waals surface area (Å²) < 4.78 is 6.00. The number of hydrogen-bond acceptors (Lipinski definition) is 4. The van der Waals surface area contributed by atoms with E-state index in [1.165, 1.54) is 16.0 Å². The van der Waals surface area contributed by atoms with Gasteiger partial charge in [-0.2, -0.15) is 0 Å². The van der Waals surface area contributed by atoms with Gasteiger partial charge >= 0.3 is 0 Å². The largest absolute Gasteiger partial charge is 0.370 e. The third-order valence-corrected chi connectivity index (χ3v) is 5.09. The molecule has 24 heavy (non-hydrogen) atoms. The Morgan fingerprint density at radius 3 is 2.96 bits per heavy atom. The molecule has 1 atom stereocenters. The highest BCUT2D eigenvalue weighted by Crippen LogP contribution is 2.25. The fourth-order valence-electron chi connectivity index (χ4n) is 2.95. The van der Waals surface area contributed by atoms with Crippen LogP contribution >= 0.6 is 11.3 Å². The van der Waals surface area contributed by atoms with Crippen LogP contribution in [0.15, 0.2) is 35.5 Å². The first-order valence-corrected chi connectivity index (χ1v) is 9.03. The Kier molecular flexibility index (Phi) is 5.48. The lowest BCUT2D eigenvalue weighted by atomic mass is 10.0. The Balaban J connectivity index is 1.65. The minimum atomic E-state index is 0.0839. The summed E-state index contributed by atoms with van der Waals surface area (Å²) in [6.45, 7) is 7.27. The molecule has 1 aliphatic heterocycles. The summed E-state index contributed by atoms with van der Waals surface area (Å²) in [6, 6.07) is 8.42. The highest BCUT2D eigenvalue weighted by molar-refractivity contribution is 7.11. The van der Waals surface area contributed by atoms with E-state index in [0.29, 0.717) is 13.2 Å². The monoisotopic (exact) mass is 344 g/mol. The molecule has 1 aromatic heterocycles. The number of rotatable bonds is 3. The molecular weight excluding hydrogens is 320 g/mol. The second-order valence-corrected chi connectivity index (χ2v) is 7.25. The summed E-state index contributed by atoms with van der Waals surface area (Å²) in [7, 11) is 1.83. The Hall–Kier alpha value is -1.92. The molecule has 1 saturated heterocycles. The maximum Gasteiger partial charge on any atom is 0.194 e. The molecule has 1 aliphatic rings. The van der Waals surface area contributed by atoms with Crippen LogP contribution < -0.4 is 5.32 Å². The lowest BCUT2D eigenvalue weighted by molar-refractivity contribution is -0.00833. The van der Waals surface area contributed by atoms with Crippen molar-refractivity contribution >= 4 is 17.3 Å². The number of aromatic nitrogens is 1. The maximum atomic E-state index is 6.00. The first-order valence-electron chi connectivity index (χ1n) is 8.21. The van der Waals surface area contributed by atoms with Crippen LogP contribution in [0.5, 0.6) is 0 Å². The van der Waals surface area contributed by atoms with Crippen molar-refractivity contribution < 1.29 is 4.74 Å². The summed E-state index contributed by atoms with van der Waals surface area (Å²) in [5.74, 6) is 0.907. The molecule has 5 nitrogen and oxygen atoms in total. The minimum Gasteiger partial charge on any atom is -0.370 e. The molecule has 1 N–H and O–H groups in total. The van der Waals surface area contributed by atoms with Crippen LogP contribution in [0.25, 0.3) is 0 Å². The minimum absolute atomic E-state index is 0.0839. The van der Waals surface area contributed by atoms with Gasteiger partial charge in [0, 0.05) is 24.7 Å². The van der Waals surface area contributed by atoms with Crippen molar-refractivity contribution in [2.75, 3.05) is 26.7 Å². The second kappa shape index (κ2) is 7.77. The SMILES string of the molecule is CN=C(NCc1ncc(C)s1)N1CCOC(c2ccccc2C)C1. The van der Waals surface area contributed by atoms with Gasteiger partial charge in [-0.1, -0.05) is 24.3 Å². The fraction of sp³-hybridized carbons (Fsp3) is 0.444. The molecule has 0 radical (unpaired) electrons. The molecule has 1 fully saturated rings. The normalized spacial score (nSPS) is 18.7. The van der Waals surface area contributed by atoms with Gasteiger partial charge in [-0.25, -0.2) is 4.98 Å². The van der Waals surface area contributed by atoms with E-state index in [-0.39, 0.29) is 6.10 Å². The quantitative estimate of drug-likeness (QED) is 0.687. The van der Waals surface area contributed by atoms with Gasteiger partial charge < -0.3 is 15.0 Å². The molecule has 3 rings (SSSR count). The van der Waals surface area contributed by atoms with Crippen molar-refractivity contribution in [3.63, 3.8) is 0 Å². The number of benzene rings is 1. The number of nitrogens with zero attached hydrogens (tertiary/aromatic N) is 3. The number of guanidine groups is 1. The summed E-state index contributed by atoms with van der Waals surface area (Å²) in [5, 5.41) is 4.50. The summed E-state index contributed by atoms with van der Waals surface area (Å²) in [4.78, 5) is 12.3. The van der Waals surface area contributed by atoms with E-state index in [1.807, 2.05) is 13.2 Å². The molecule has 2 aromatic rings. The molecule has 0 aliphatic carbocycles. The van der Waals surface area contributed by atoms with Crippen molar-refractivity contribution in [2.24, 2.45) is 4.99 Å². The van der Waals surface area contributed by atoms with Gasteiger partial charge in [0.05, 0.1) is 19.7 Å². The zero-order chi connectivity index (χ0) is 16.9. The molecule has 1 aromatic carbocycles. The first kappa shape index (κ1) is 16.9. The Bertz CT molecular complexity index is 713. The maximum absolute atomic E-state index is 6.00. The van der Waals surface area contributed by atoms with Gasteiger partial charge in [0.2, 0.25) is 0 Å². The number of morpholine rings is 1. The average molecular weight is 344 g/mol. The zero-order valence-electron chi connectivity index (χ0n) is 14.5. The molecule has 0 amide bonds. The van der Waals surface area contributed by atoms with Crippen LogP contribution in [0.3, 0.4) is 0 Å². The van der Waals surface area contributed by atoms with Crippen LogP contribution in [0, 0.1) is 13.8 Å². The van der Waals surface area contributed by atoms with Gasteiger partial charge in [-0.05, 0) is 25.0 Å². The summed E-state index contributed by atoms with van der Waals surface area (Å²) in [5.41, 5.74) is 2.53. The van der Waals surface area contributed by atoms with E-state index in [4.69, 9.17) is 4.74 Å². The Morgan fingerprint density at radius 2 is 2.25 bits per heavy atom. The number of aliphatic imine (C=N–C) groups is 1. The number of hydrogen-bond donors (Lipinski definition) is 1. The summed E-state index contributed by atoms with van der Waals surface area (Å²) in [6.07, 6.45) is 1.99. The molecule has 0 spiro atoms. The van der Waals surface area contributed by atoms with Crippen molar-refractivity contribution in [1.29, 1.82) is 0 Å². The molecule has 2 heterocycles. The number of ether oxygens (including phenoxy) is 1. The van der Waals surface area contributed by atoms with Gasteiger partial charge in [-0.3, -0.25) is 4.99 Å². The molecule has 0 saturated carbocycles. The Labute approximate surface area is 147 Å². The van der Waals surface area contributed by atoms with Gasteiger partial charge in [0.25, 0.3) is 0 Å². The lowest BCUT2D eigenvalue weighted by Crippen LogP contribution is -2.48. The lowest BCUT2D eigenvalue weighted by Gasteiger charge is -2.35. The van der Waals surface area contributed by atoms with E-state index < -0.39 is 0 Å². The molecule has 128 valence electrons. The van der Waals surface area contributed by atoms with Crippen molar-refractivity contribution in [1.82, 2.24) is 15.2 Å². The number of nitrogens with one attached hydrogen (secondary N) is 1. The molecular formula is C18H24N4OS. The van der Waals surface area contributed by atoms with Crippen molar-refractivity contribution in [2.45, 2.75) is 26.5 Å². The summed E-state index contributed by atoms with van der Waals surface area (Å²) >= 11 is 1.71. The number of thiazole rings is 1. The topological polar surface area (TPSA) is 49.8 Å². The van der Waals surface area contributed by atoms with E-state index >= 15 is 0 Å². The predicted molar refractivity (Wildman–Crippen MR) is 98.5 cm³/mol. The fourth-order valence-corrected chi connectivity index (χ4v) is 3.67. The third kappa shape index (κ3) is 3.94. The van der Waals surface area contributed by atoms with Crippen LogP contribution in [0.2, 0.25) is 0 Å². The highest BCUT2D eigenvalue weighted by atomic mass is 32.1. The number of aryl methyl sites for hydroxylation is 2. The van der Waals surface area contributed by atoms with Crippen molar-refractivity contribution in [3.05, 3.63) is 51.5 Å². The van der Waals surface area contributed by atoms with E-state index in [1.54, 1.807) is 11.3 Å². The van der Waals surface area contributed by atoms with E-state index in [2.05, 4.69) is 58.3 Å². The van der Waals surface area contributed by atoms with E-state index in [0.717, 1.165) is 24.1 Å². The highest BCUT2D eigenvalue weighted by Gasteiger charge is 2.25. The zero-order valence-corrected chi connectivity index (χ0v) is 15.3.